The Morgan fingerprint density at radius 1 is 1.47 bits per heavy atom. The smallest absolute Gasteiger partial charge is 0.185 e. The summed E-state index contributed by atoms with van der Waals surface area (Å²) in [7, 11) is 0. The Labute approximate surface area is 97.4 Å². The first-order valence-corrected chi connectivity index (χ1v) is 6.37. The average Bonchev–Trinajstić information content (AvgIpc) is 2.65. The molecule has 0 aliphatic heterocycles. The largest absolute Gasteiger partial charge is 0.297 e. The first kappa shape index (κ1) is 12.2. The number of thioether (sulfide) groups is 1. The summed E-state index contributed by atoms with van der Waals surface area (Å²) in [6.45, 7) is 1.57. The third-order valence-electron chi connectivity index (χ3n) is 1.64. The van der Waals surface area contributed by atoms with Gasteiger partial charge in [-0.2, -0.15) is 0 Å². The molecule has 0 fully saturated rings. The van der Waals surface area contributed by atoms with Crippen LogP contribution < -0.4 is 0 Å². The molecule has 0 aromatic carbocycles. The van der Waals surface area contributed by atoms with Crippen molar-refractivity contribution in [2.75, 3.05) is 5.75 Å². The highest BCUT2D eigenvalue weighted by molar-refractivity contribution is 8.13. The summed E-state index contributed by atoms with van der Waals surface area (Å²) in [4.78, 5) is 22.9. The second kappa shape index (κ2) is 6.58. The molecule has 2 nitrogen and oxygen atoms in total. The maximum Gasteiger partial charge on any atom is 0.185 e. The van der Waals surface area contributed by atoms with Crippen molar-refractivity contribution in [2.24, 2.45) is 0 Å². The van der Waals surface area contributed by atoms with E-state index in [0.29, 0.717) is 0 Å². The third kappa shape index (κ3) is 4.95. The number of thiophene rings is 1. The second-order valence-corrected chi connectivity index (χ2v) is 5.31. The van der Waals surface area contributed by atoms with Crippen molar-refractivity contribution in [3.63, 3.8) is 0 Å². The Hall–Kier alpha value is -0.870. The van der Waals surface area contributed by atoms with Crippen LogP contribution in [0.4, 0.5) is 0 Å². The SMILES string of the molecule is CC(=O)SCCC=Cc1ccc(C=O)s1. The van der Waals surface area contributed by atoms with Crippen molar-refractivity contribution in [3.05, 3.63) is 28.0 Å². The van der Waals surface area contributed by atoms with Crippen LogP contribution in [0.15, 0.2) is 18.2 Å². The lowest BCUT2D eigenvalue weighted by Crippen LogP contribution is -1.83. The van der Waals surface area contributed by atoms with Gasteiger partial charge in [0.2, 0.25) is 0 Å². The van der Waals surface area contributed by atoms with Crippen molar-refractivity contribution >= 4 is 40.6 Å². The van der Waals surface area contributed by atoms with E-state index in [0.717, 1.165) is 28.2 Å². The van der Waals surface area contributed by atoms with Gasteiger partial charge in [-0.05, 0) is 24.6 Å². The highest BCUT2D eigenvalue weighted by Gasteiger charge is 1.94. The van der Waals surface area contributed by atoms with Crippen LogP contribution in [-0.4, -0.2) is 17.2 Å². The fourth-order valence-electron chi connectivity index (χ4n) is 0.991. The number of hydrogen-bond donors (Lipinski definition) is 0. The fourth-order valence-corrected chi connectivity index (χ4v) is 2.29. The molecule has 0 aliphatic carbocycles. The molecule has 1 heterocycles. The number of carbonyl (C=O) groups is 2. The van der Waals surface area contributed by atoms with Crippen molar-refractivity contribution in [2.45, 2.75) is 13.3 Å². The molecule has 0 aliphatic rings. The minimum absolute atomic E-state index is 0.155. The first-order chi connectivity index (χ1) is 7.22. The standard InChI is InChI=1S/C11H12O2S2/c1-9(13)14-7-3-2-4-10-5-6-11(8-12)15-10/h2,4-6,8H,3,7H2,1H3. The zero-order valence-corrected chi connectivity index (χ0v) is 10.1. The maximum absolute atomic E-state index is 10.6. The molecule has 4 heteroatoms. The van der Waals surface area contributed by atoms with E-state index in [2.05, 4.69) is 0 Å². The van der Waals surface area contributed by atoms with Gasteiger partial charge in [-0.15, -0.1) is 11.3 Å². The summed E-state index contributed by atoms with van der Waals surface area (Å²) in [6, 6.07) is 3.73. The summed E-state index contributed by atoms with van der Waals surface area (Å²) in [5.74, 6) is 0.817. The third-order valence-corrected chi connectivity index (χ3v) is 3.46. The van der Waals surface area contributed by atoms with E-state index in [1.54, 1.807) is 6.92 Å². The van der Waals surface area contributed by atoms with E-state index in [1.165, 1.54) is 23.1 Å². The van der Waals surface area contributed by atoms with Crippen LogP contribution in [0.25, 0.3) is 6.08 Å². The quantitative estimate of drug-likeness (QED) is 0.585. The number of aldehydes is 1. The summed E-state index contributed by atoms with van der Waals surface area (Å²) >= 11 is 2.80. The Morgan fingerprint density at radius 2 is 2.20 bits per heavy atom. The number of rotatable bonds is 5. The van der Waals surface area contributed by atoms with Crippen LogP contribution in [0.5, 0.6) is 0 Å². The Balaban J connectivity index is 2.31. The summed E-state index contributed by atoms with van der Waals surface area (Å²) < 4.78 is 0. The van der Waals surface area contributed by atoms with E-state index in [4.69, 9.17) is 0 Å². The molecule has 0 unspecified atom stereocenters. The van der Waals surface area contributed by atoms with Crippen molar-refractivity contribution in [1.82, 2.24) is 0 Å². The van der Waals surface area contributed by atoms with Gasteiger partial charge in [0.1, 0.15) is 0 Å². The van der Waals surface area contributed by atoms with Crippen LogP contribution in [0, 0.1) is 0 Å². The summed E-state index contributed by atoms with van der Waals surface area (Å²) in [6.07, 6.45) is 5.74. The highest BCUT2D eigenvalue weighted by atomic mass is 32.2. The number of allylic oxidation sites excluding steroid dienone is 1. The van der Waals surface area contributed by atoms with Gasteiger partial charge in [-0.25, -0.2) is 0 Å². The lowest BCUT2D eigenvalue weighted by Gasteiger charge is -1.90. The molecule has 0 bridgehead atoms. The molecule has 0 saturated carbocycles. The normalized spacial score (nSPS) is 10.7. The van der Waals surface area contributed by atoms with Gasteiger partial charge in [-0.3, -0.25) is 9.59 Å². The minimum Gasteiger partial charge on any atom is -0.297 e. The Bertz CT molecular complexity index is 366. The molecule has 15 heavy (non-hydrogen) atoms. The molecule has 0 atom stereocenters. The van der Waals surface area contributed by atoms with Gasteiger partial charge >= 0.3 is 0 Å². The van der Waals surface area contributed by atoms with Crippen LogP contribution in [0.1, 0.15) is 27.9 Å². The number of carbonyl (C=O) groups excluding carboxylic acids is 2. The molecule has 0 radical (unpaired) electrons. The average molecular weight is 240 g/mol. The van der Waals surface area contributed by atoms with Gasteiger partial charge in [0.05, 0.1) is 4.88 Å². The molecular formula is C11H12O2S2. The maximum atomic E-state index is 10.6. The Morgan fingerprint density at radius 3 is 2.80 bits per heavy atom. The van der Waals surface area contributed by atoms with Crippen LogP contribution in [-0.2, 0) is 4.79 Å². The zero-order chi connectivity index (χ0) is 11.1. The van der Waals surface area contributed by atoms with Crippen LogP contribution in [0.2, 0.25) is 0 Å². The molecule has 0 N–H and O–H groups in total. The minimum atomic E-state index is 0.155. The van der Waals surface area contributed by atoms with E-state index >= 15 is 0 Å². The summed E-state index contributed by atoms with van der Waals surface area (Å²) in [5, 5.41) is 0.155. The molecule has 1 aromatic rings. The molecule has 1 rings (SSSR count). The molecule has 80 valence electrons. The van der Waals surface area contributed by atoms with Gasteiger partial charge in [0.15, 0.2) is 11.4 Å². The second-order valence-electron chi connectivity index (χ2n) is 2.89. The zero-order valence-electron chi connectivity index (χ0n) is 8.43. The lowest BCUT2D eigenvalue weighted by molar-refractivity contribution is -0.109. The fraction of sp³-hybridized carbons (Fsp3) is 0.273. The van der Waals surface area contributed by atoms with Crippen molar-refractivity contribution in [1.29, 1.82) is 0 Å². The Kier molecular flexibility index (Phi) is 5.36. The first-order valence-electron chi connectivity index (χ1n) is 4.57. The molecular weight excluding hydrogens is 228 g/mol. The van der Waals surface area contributed by atoms with Gasteiger partial charge in [0.25, 0.3) is 0 Å². The predicted molar refractivity (Wildman–Crippen MR) is 66.5 cm³/mol. The van der Waals surface area contributed by atoms with Gasteiger partial charge < -0.3 is 0 Å². The van der Waals surface area contributed by atoms with Gasteiger partial charge in [0, 0.05) is 17.6 Å². The van der Waals surface area contributed by atoms with E-state index in [1.807, 2.05) is 24.3 Å². The van der Waals surface area contributed by atoms with E-state index in [9.17, 15) is 9.59 Å². The monoisotopic (exact) mass is 240 g/mol. The van der Waals surface area contributed by atoms with Crippen molar-refractivity contribution < 1.29 is 9.59 Å². The molecule has 0 spiro atoms. The molecule has 0 amide bonds. The highest BCUT2D eigenvalue weighted by Crippen LogP contribution is 2.16. The van der Waals surface area contributed by atoms with Crippen LogP contribution >= 0.6 is 23.1 Å². The molecule has 0 saturated heterocycles. The lowest BCUT2D eigenvalue weighted by atomic mass is 10.3. The summed E-state index contributed by atoms with van der Waals surface area (Å²) in [5.41, 5.74) is 0. The van der Waals surface area contributed by atoms with E-state index < -0.39 is 0 Å². The topological polar surface area (TPSA) is 34.1 Å². The molecule has 1 aromatic heterocycles. The van der Waals surface area contributed by atoms with Crippen molar-refractivity contribution in [3.8, 4) is 0 Å². The van der Waals surface area contributed by atoms with Gasteiger partial charge in [-0.1, -0.05) is 17.8 Å². The number of hydrogen-bond acceptors (Lipinski definition) is 4. The predicted octanol–water partition coefficient (Wildman–Crippen LogP) is 3.24. The van der Waals surface area contributed by atoms with Crippen LogP contribution in [0.3, 0.4) is 0 Å². The van der Waals surface area contributed by atoms with E-state index in [-0.39, 0.29) is 5.12 Å².